The van der Waals surface area contributed by atoms with Crippen LogP contribution >= 0.6 is 0 Å². The van der Waals surface area contributed by atoms with Gasteiger partial charge in [-0.2, -0.15) is 0 Å². The van der Waals surface area contributed by atoms with E-state index < -0.39 is 0 Å². The van der Waals surface area contributed by atoms with Crippen molar-refractivity contribution < 1.29 is 4.42 Å². The summed E-state index contributed by atoms with van der Waals surface area (Å²) in [4.78, 5) is 0. The Kier molecular flexibility index (Phi) is 2.78. The van der Waals surface area contributed by atoms with Crippen LogP contribution in [0.25, 0.3) is 11.5 Å². The van der Waals surface area contributed by atoms with E-state index >= 15 is 0 Å². The summed E-state index contributed by atoms with van der Waals surface area (Å²) in [5.41, 5.74) is 8.62. The second-order valence-corrected chi connectivity index (χ2v) is 4.97. The summed E-state index contributed by atoms with van der Waals surface area (Å²) in [7, 11) is 0. The zero-order valence-corrected chi connectivity index (χ0v) is 10.5. The summed E-state index contributed by atoms with van der Waals surface area (Å²) in [5.74, 6) is 1.76. The van der Waals surface area contributed by atoms with Crippen LogP contribution in [-0.4, -0.2) is 10.2 Å². The Balaban J connectivity index is 1.97. The molecule has 4 nitrogen and oxygen atoms in total. The third-order valence-corrected chi connectivity index (χ3v) is 3.66. The first-order chi connectivity index (χ1) is 8.75. The largest absolute Gasteiger partial charge is 0.420 e. The Morgan fingerprint density at radius 2 is 2.00 bits per heavy atom. The lowest BCUT2D eigenvalue weighted by Gasteiger charge is -2.05. The minimum atomic E-state index is 0.441. The second kappa shape index (κ2) is 4.44. The van der Waals surface area contributed by atoms with Gasteiger partial charge in [-0.15, -0.1) is 10.2 Å². The molecule has 1 aromatic carbocycles. The molecular formula is C14H17N3O. The van der Waals surface area contributed by atoms with Gasteiger partial charge in [-0.05, 0) is 31.4 Å². The molecule has 0 spiro atoms. The molecule has 1 aliphatic carbocycles. The van der Waals surface area contributed by atoms with Gasteiger partial charge in [-0.1, -0.05) is 25.0 Å². The third-order valence-electron chi connectivity index (χ3n) is 3.66. The molecule has 1 fully saturated rings. The monoisotopic (exact) mass is 243 g/mol. The standard InChI is InChI=1S/C14H17N3O/c1-9-5-4-8-11(15)12(9)14-17-16-13(18-14)10-6-2-3-7-10/h4-5,8,10H,2-3,6-7,15H2,1H3. The first-order valence-corrected chi connectivity index (χ1v) is 6.44. The summed E-state index contributed by atoms with van der Waals surface area (Å²) in [6.07, 6.45) is 4.83. The smallest absolute Gasteiger partial charge is 0.250 e. The molecule has 4 heteroatoms. The molecule has 94 valence electrons. The van der Waals surface area contributed by atoms with Crippen molar-refractivity contribution in [2.75, 3.05) is 5.73 Å². The number of rotatable bonds is 2. The fourth-order valence-corrected chi connectivity index (χ4v) is 2.66. The SMILES string of the molecule is Cc1cccc(N)c1-c1nnc(C2CCCC2)o1. The summed E-state index contributed by atoms with van der Waals surface area (Å²) < 4.78 is 5.81. The van der Waals surface area contributed by atoms with Crippen LogP contribution in [0.5, 0.6) is 0 Å². The topological polar surface area (TPSA) is 64.9 Å². The molecule has 1 aliphatic rings. The number of nitrogens with zero attached hydrogens (tertiary/aromatic N) is 2. The van der Waals surface area contributed by atoms with Crippen molar-refractivity contribution in [2.45, 2.75) is 38.5 Å². The van der Waals surface area contributed by atoms with Crippen molar-refractivity contribution in [1.82, 2.24) is 10.2 Å². The van der Waals surface area contributed by atoms with Crippen LogP contribution in [0.4, 0.5) is 5.69 Å². The van der Waals surface area contributed by atoms with Crippen molar-refractivity contribution >= 4 is 5.69 Å². The number of anilines is 1. The van der Waals surface area contributed by atoms with E-state index in [2.05, 4.69) is 10.2 Å². The Labute approximate surface area is 106 Å². The molecule has 3 rings (SSSR count). The Hall–Kier alpha value is -1.84. The van der Waals surface area contributed by atoms with Crippen molar-refractivity contribution in [3.05, 3.63) is 29.7 Å². The van der Waals surface area contributed by atoms with Crippen LogP contribution in [0.3, 0.4) is 0 Å². The highest BCUT2D eigenvalue weighted by Crippen LogP contribution is 2.35. The minimum absolute atomic E-state index is 0.441. The lowest BCUT2D eigenvalue weighted by atomic mass is 10.1. The normalized spacial score (nSPS) is 16.3. The average Bonchev–Trinajstić information content (AvgIpc) is 2.99. The number of hydrogen-bond acceptors (Lipinski definition) is 4. The zero-order chi connectivity index (χ0) is 12.5. The molecule has 0 aliphatic heterocycles. The van der Waals surface area contributed by atoms with Gasteiger partial charge in [0.15, 0.2) is 0 Å². The highest BCUT2D eigenvalue weighted by Gasteiger charge is 2.23. The van der Waals surface area contributed by atoms with Crippen molar-refractivity contribution in [1.29, 1.82) is 0 Å². The van der Waals surface area contributed by atoms with Gasteiger partial charge in [0.25, 0.3) is 0 Å². The maximum absolute atomic E-state index is 5.99. The molecule has 0 atom stereocenters. The first-order valence-electron chi connectivity index (χ1n) is 6.44. The molecule has 1 saturated carbocycles. The van der Waals surface area contributed by atoms with E-state index in [1.165, 1.54) is 12.8 Å². The molecule has 2 aromatic rings. The molecule has 0 bridgehead atoms. The second-order valence-electron chi connectivity index (χ2n) is 4.97. The molecule has 0 saturated heterocycles. The van der Waals surface area contributed by atoms with Crippen LogP contribution in [0, 0.1) is 6.92 Å². The Morgan fingerprint density at radius 3 is 2.72 bits per heavy atom. The van der Waals surface area contributed by atoms with E-state index in [-0.39, 0.29) is 0 Å². The minimum Gasteiger partial charge on any atom is -0.420 e. The number of nitrogens with two attached hydrogens (primary N) is 1. The van der Waals surface area contributed by atoms with E-state index in [4.69, 9.17) is 10.2 Å². The highest BCUT2D eigenvalue weighted by atomic mass is 16.4. The number of hydrogen-bond donors (Lipinski definition) is 1. The lowest BCUT2D eigenvalue weighted by Crippen LogP contribution is -1.92. The Bertz CT molecular complexity index is 536. The van der Waals surface area contributed by atoms with Crippen LogP contribution in [-0.2, 0) is 0 Å². The molecule has 18 heavy (non-hydrogen) atoms. The summed E-state index contributed by atoms with van der Waals surface area (Å²) >= 11 is 0. The van der Waals surface area contributed by atoms with Crippen molar-refractivity contribution in [3.63, 3.8) is 0 Å². The van der Waals surface area contributed by atoms with Gasteiger partial charge < -0.3 is 10.2 Å². The van der Waals surface area contributed by atoms with Gasteiger partial charge in [0.2, 0.25) is 11.8 Å². The fourth-order valence-electron chi connectivity index (χ4n) is 2.66. The number of nitrogen functional groups attached to an aromatic ring is 1. The maximum atomic E-state index is 5.99. The van der Waals surface area contributed by atoms with E-state index in [1.54, 1.807) is 0 Å². The third kappa shape index (κ3) is 1.88. The zero-order valence-electron chi connectivity index (χ0n) is 10.5. The molecule has 0 radical (unpaired) electrons. The number of benzene rings is 1. The molecule has 0 unspecified atom stereocenters. The number of aromatic nitrogens is 2. The molecule has 1 aromatic heterocycles. The molecule has 0 amide bonds. The summed E-state index contributed by atoms with van der Waals surface area (Å²) in [6, 6.07) is 5.80. The summed E-state index contributed by atoms with van der Waals surface area (Å²) in [6.45, 7) is 2.01. The predicted molar refractivity (Wildman–Crippen MR) is 70.1 cm³/mol. The quantitative estimate of drug-likeness (QED) is 0.822. The van der Waals surface area contributed by atoms with Crippen LogP contribution in [0.2, 0.25) is 0 Å². The van der Waals surface area contributed by atoms with Crippen molar-refractivity contribution in [3.8, 4) is 11.5 Å². The average molecular weight is 243 g/mol. The summed E-state index contributed by atoms with van der Waals surface area (Å²) in [5, 5.41) is 8.34. The van der Waals surface area contributed by atoms with E-state index in [1.807, 2.05) is 25.1 Å². The van der Waals surface area contributed by atoms with Gasteiger partial charge in [0.05, 0.1) is 5.56 Å². The first kappa shape index (κ1) is 11.3. The number of aryl methyl sites for hydroxylation is 1. The Morgan fingerprint density at radius 1 is 1.22 bits per heavy atom. The van der Waals surface area contributed by atoms with E-state index in [9.17, 15) is 0 Å². The fraction of sp³-hybridized carbons (Fsp3) is 0.429. The lowest BCUT2D eigenvalue weighted by molar-refractivity contribution is 0.457. The van der Waals surface area contributed by atoms with Crippen LogP contribution in [0.1, 0.15) is 43.1 Å². The van der Waals surface area contributed by atoms with Gasteiger partial charge in [0, 0.05) is 11.6 Å². The molecule has 1 heterocycles. The van der Waals surface area contributed by atoms with E-state index in [0.717, 1.165) is 29.9 Å². The van der Waals surface area contributed by atoms with Gasteiger partial charge in [-0.25, -0.2) is 0 Å². The molecule has 2 N–H and O–H groups in total. The van der Waals surface area contributed by atoms with Crippen LogP contribution in [0.15, 0.2) is 22.6 Å². The van der Waals surface area contributed by atoms with Crippen molar-refractivity contribution in [2.24, 2.45) is 0 Å². The highest BCUT2D eigenvalue weighted by molar-refractivity contribution is 5.73. The molecular weight excluding hydrogens is 226 g/mol. The maximum Gasteiger partial charge on any atom is 0.250 e. The van der Waals surface area contributed by atoms with E-state index in [0.29, 0.717) is 17.5 Å². The van der Waals surface area contributed by atoms with Gasteiger partial charge in [0.1, 0.15) is 0 Å². The van der Waals surface area contributed by atoms with Crippen LogP contribution < -0.4 is 5.73 Å². The predicted octanol–water partition coefficient (Wildman–Crippen LogP) is 3.28. The van der Waals surface area contributed by atoms with Gasteiger partial charge in [-0.3, -0.25) is 0 Å². The van der Waals surface area contributed by atoms with Gasteiger partial charge >= 0.3 is 0 Å².